The van der Waals surface area contributed by atoms with Crippen molar-refractivity contribution in [3.8, 4) is 0 Å². The van der Waals surface area contributed by atoms with Gasteiger partial charge in [0.2, 0.25) is 0 Å². The normalized spacial score (nSPS) is 28.1. The lowest BCUT2D eigenvalue weighted by atomic mass is 10.0. The van der Waals surface area contributed by atoms with Crippen molar-refractivity contribution in [1.82, 2.24) is 10.2 Å². The van der Waals surface area contributed by atoms with Crippen LogP contribution in [0.25, 0.3) is 0 Å². The topological polar surface area (TPSA) is 24.5 Å². The average Bonchev–Trinajstić information content (AvgIpc) is 3.02. The highest BCUT2D eigenvalue weighted by Gasteiger charge is 2.22. The van der Waals surface area contributed by atoms with Crippen LogP contribution < -0.4 is 5.32 Å². The minimum absolute atomic E-state index is 0.606. The largest absolute Gasteiger partial charge is 0.381 e. The lowest BCUT2D eigenvalue weighted by Crippen LogP contribution is -2.40. The third-order valence-corrected chi connectivity index (χ3v) is 4.55. The third kappa shape index (κ3) is 3.94. The fourth-order valence-corrected chi connectivity index (χ4v) is 3.11. The monoisotopic (exact) mass is 240 g/mol. The minimum Gasteiger partial charge on any atom is -0.381 e. The van der Waals surface area contributed by atoms with Gasteiger partial charge in [0.05, 0.1) is 6.61 Å². The second-order valence-electron chi connectivity index (χ2n) is 5.79. The Balaban J connectivity index is 1.58. The molecule has 2 atom stereocenters. The van der Waals surface area contributed by atoms with Crippen LogP contribution in [0.2, 0.25) is 0 Å². The number of ether oxygens (including phenoxy) is 1. The average molecular weight is 240 g/mol. The van der Waals surface area contributed by atoms with Gasteiger partial charge in [-0.2, -0.15) is 0 Å². The van der Waals surface area contributed by atoms with Crippen LogP contribution in [-0.2, 0) is 4.74 Å². The van der Waals surface area contributed by atoms with E-state index in [4.69, 9.17) is 4.74 Å². The molecule has 1 saturated carbocycles. The van der Waals surface area contributed by atoms with E-state index in [-0.39, 0.29) is 0 Å². The summed E-state index contributed by atoms with van der Waals surface area (Å²) in [5.41, 5.74) is 0. The van der Waals surface area contributed by atoms with Gasteiger partial charge in [-0.25, -0.2) is 0 Å². The van der Waals surface area contributed by atoms with Gasteiger partial charge >= 0.3 is 0 Å². The first-order chi connectivity index (χ1) is 8.27. The number of nitrogens with one attached hydrogen (secondary N) is 1. The number of nitrogens with zero attached hydrogens (tertiary/aromatic N) is 1. The van der Waals surface area contributed by atoms with Crippen molar-refractivity contribution in [3.05, 3.63) is 0 Å². The van der Waals surface area contributed by atoms with E-state index >= 15 is 0 Å². The summed E-state index contributed by atoms with van der Waals surface area (Å²) in [6, 6.07) is 1.45. The third-order valence-electron chi connectivity index (χ3n) is 4.55. The first kappa shape index (κ1) is 13.3. The highest BCUT2D eigenvalue weighted by molar-refractivity contribution is 4.78. The standard InChI is InChI=1S/C14H28N2O/c1-12(13-7-10-17-11-13)15-8-9-16(2)14-5-3-4-6-14/h12-15H,3-11H2,1-2H3. The van der Waals surface area contributed by atoms with Crippen LogP contribution in [0, 0.1) is 5.92 Å². The zero-order valence-corrected chi connectivity index (χ0v) is 11.5. The van der Waals surface area contributed by atoms with Crippen LogP contribution in [0.15, 0.2) is 0 Å². The first-order valence-electron chi connectivity index (χ1n) is 7.28. The molecular formula is C14H28N2O. The maximum atomic E-state index is 5.44. The highest BCUT2D eigenvalue weighted by atomic mass is 16.5. The first-order valence-corrected chi connectivity index (χ1v) is 7.28. The Morgan fingerprint density at radius 2 is 2.06 bits per heavy atom. The Bertz CT molecular complexity index is 188. The molecule has 1 saturated heterocycles. The number of hydrogen-bond donors (Lipinski definition) is 1. The SMILES string of the molecule is CC(NCCN(C)C1CCCC1)C1CCOC1. The van der Waals surface area contributed by atoms with Gasteiger partial charge in [0.1, 0.15) is 0 Å². The maximum absolute atomic E-state index is 5.44. The van der Waals surface area contributed by atoms with Crippen LogP contribution in [0.4, 0.5) is 0 Å². The molecule has 17 heavy (non-hydrogen) atoms. The van der Waals surface area contributed by atoms with E-state index in [2.05, 4.69) is 24.2 Å². The van der Waals surface area contributed by atoms with Crippen molar-refractivity contribution < 1.29 is 4.74 Å². The van der Waals surface area contributed by atoms with Gasteiger partial charge in [-0.3, -0.25) is 0 Å². The molecule has 2 fully saturated rings. The van der Waals surface area contributed by atoms with Crippen molar-refractivity contribution in [2.45, 2.75) is 51.1 Å². The molecular weight excluding hydrogens is 212 g/mol. The van der Waals surface area contributed by atoms with E-state index in [1.165, 1.54) is 38.6 Å². The van der Waals surface area contributed by atoms with Gasteiger partial charge in [-0.1, -0.05) is 12.8 Å². The molecule has 2 unspecified atom stereocenters. The van der Waals surface area contributed by atoms with Gasteiger partial charge in [0, 0.05) is 31.8 Å². The summed E-state index contributed by atoms with van der Waals surface area (Å²) in [6.07, 6.45) is 6.90. The predicted octanol–water partition coefficient (Wildman–Crippen LogP) is 1.88. The van der Waals surface area contributed by atoms with Crippen molar-refractivity contribution >= 4 is 0 Å². The Morgan fingerprint density at radius 1 is 1.29 bits per heavy atom. The summed E-state index contributed by atoms with van der Waals surface area (Å²) < 4.78 is 5.44. The number of rotatable bonds is 6. The molecule has 1 heterocycles. The molecule has 3 heteroatoms. The molecule has 0 bridgehead atoms. The van der Waals surface area contributed by atoms with Gasteiger partial charge < -0.3 is 15.0 Å². The molecule has 100 valence electrons. The second kappa shape index (κ2) is 6.72. The second-order valence-corrected chi connectivity index (χ2v) is 5.79. The quantitative estimate of drug-likeness (QED) is 0.767. The van der Waals surface area contributed by atoms with Crippen LogP contribution >= 0.6 is 0 Å². The summed E-state index contributed by atoms with van der Waals surface area (Å²) in [6.45, 7) is 6.51. The zero-order valence-electron chi connectivity index (χ0n) is 11.5. The fourth-order valence-electron chi connectivity index (χ4n) is 3.11. The molecule has 1 aliphatic carbocycles. The summed E-state index contributed by atoms with van der Waals surface area (Å²) in [7, 11) is 2.28. The van der Waals surface area contributed by atoms with E-state index in [9.17, 15) is 0 Å². The summed E-state index contributed by atoms with van der Waals surface area (Å²) in [5.74, 6) is 0.729. The van der Waals surface area contributed by atoms with Crippen LogP contribution in [-0.4, -0.2) is 50.3 Å². The Hall–Kier alpha value is -0.120. The Kier molecular flexibility index (Phi) is 5.26. The van der Waals surface area contributed by atoms with Crippen LogP contribution in [0.5, 0.6) is 0 Å². The fraction of sp³-hybridized carbons (Fsp3) is 1.00. The van der Waals surface area contributed by atoms with Crippen molar-refractivity contribution in [2.75, 3.05) is 33.4 Å². The predicted molar refractivity (Wildman–Crippen MR) is 71.3 cm³/mol. The Labute approximate surface area is 106 Å². The van der Waals surface area contributed by atoms with E-state index in [0.717, 1.165) is 31.7 Å². The smallest absolute Gasteiger partial charge is 0.0509 e. The molecule has 0 aromatic rings. The lowest BCUT2D eigenvalue weighted by molar-refractivity contribution is 0.176. The highest BCUT2D eigenvalue weighted by Crippen LogP contribution is 2.22. The van der Waals surface area contributed by atoms with Gasteiger partial charge in [0.15, 0.2) is 0 Å². The molecule has 0 spiro atoms. The lowest BCUT2D eigenvalue weighted by Gasteiger charge is -2.26. The summed E-state index contributed by atoms with van der Waals surface area (Å²) in [5, 5.41) is 3.66. The van der Waals surface area contributed by atoms with Crippen molar-refractivity contribution in [2.24, 2.45) is 5.92 Å². The molecule has 0 amide bonds. The van der Waals surface area contributed by atoms with E-state index in [0.29, 0.717) is 6.04 Å². The minimum atomic E-state index is 0.606. The molecule has 0 aromatic heterocycles. The number of likely N-dealkylation sites (N-methyl/N-ethyl adjacent to an activating group) is 1. The van der Waals surface area contributed by atoms with E-state index < -0.39 is 0 Å². The summed E-state index contributed by atoms with van der Waals surface area (Å²) >= 11 is 0. The van der Waals surface area contributed by atoms with Crippen LogP contribution in [0.3, 0.4) is 0 Å². The van der Waals surface area contributed by atoms with E-state index in [1.807, 2.05) is 0 Å². The summed E-state index contributed by atoms with van der Waals surface area (Å²) in [4.78, 5) is 2.54. The maximum Gasteiger partial charge on any atom is 0.0509 e. The van der Waals surface area contributed by atoms with Gasteiger partial charge in [0.25, 0.3) is 0 Å². The van der Waals surface area contributed by atoms with Crippen molar-refractivity contribution in [3.63, 3.8) is 0 Å². The molecule has 3 nitrogen and oxygen atoms in total. The van der Waals surface area contributed by atoms with Crippen molar-refractivity contribution in [1.29, 1.82) is 0 Å². The van der Waals surface area contributed by atoms with Gasteiger partial charge in [-0.05, 0) is 39.2 Å². The van der Waals surface area contributed by atoms with Crippen LogP contribution in [0.1, 0.15) is 39.0 Å². The molecule has 1 N–H and O–H groups in total. The molecule has 2 aliphatic rings. The van der Waals surface area contributed by atoms with E-state index in [1.54, 1.807) is 0 Å². The molecule has 0 radical (unpaired) electrons. The molecule has 2 rings (SSSR count). The molecule has 0 aromatic carbocycles. The number of hydrogen-bond acceptors (Lipinski definition) is 3. The zero-order chi connectivity index (χ0) is 12.1. The molecule has 1 aliphatic heterocycles. The Morgan fingerprint density at radius 3 is 2.71 bits per heavy atom. The van der Waals surface area contributed by atoms with Gasteiger partial charge in [-0.15, -0.1) is 0 Å².